The Morgan fingerprint density at radius 1 is 1.20 bits per heavy atom. The summed E-state index contributed by atoms with van der Waals surface area (Å²) in [6, 6.07) is 3.93. The first kappa shape index (κ1) is 12.1. The van der Waals surface area contributed by atoms with E-state index in [0.29, 0.717) is 0 Å². The Balaban J connectivity index is 3.15. The second-order valence-corrected chi connectivity index (χ2v) is 4.80. The molecule has 1 nitrogen and oxygen atoms in total. The Bertz CT molecular complexity index is 430. The zero-order chi connectivity index (χ0) is 11.6. The third kappa shape index (κ3) is 3.58. The molecule has 0 bridgehead atoms. The minimum Gasteiger partial charge on any atom is -0.316 e. The van der Waals surface area contributed by atoms with Crippen LogP contribution in [0.2, 0.25) is 5.02 Å². The molecule has 0 aliphatic carbocycles. The molecule has 0 saturated carbocycles. The van der Waals surface area contributed by atoms with Gasteiger partial charge in [0.1, 0.15) is 0 Å². The molecule has 0 unspecified atom stereocenters. The summed E-state index contributed by atoms with van der Waals surface area (Å²) < 4.78 is 0. The summed E-state index contributed by atoms with van der Waals surface area (Å²) >= 11 is 6.00. The quantitative estimate of drug-likeness (QED) is 0.670. The van der Waals surface area contributed by atoms with Crippen LogP contribution < -0.4 is 5.73 Å². The van der Waals surface area contributed by atoms with Crippen LogP contribution in [0.3, 0.4) is 0 Å². The fourth-order valence-corrected chi connectivity index (χ4v) is 1.36. The largest absolute Gasteiger partial charge is 0.316 e. The molecule has 2 heteroatoms. The second-order valence-electron chi connectivity index (χ2n) is 4.39. The van der Waals surface area contributed by atoms with E-state index in [1.165, 1.54) is 0 Å². The van der Waals surface area contributed by atoms with Gasteiger partial charge in [-0.1, -0.05) is 23.4 Å². The first-order valence-electron chi connectivity index (χ1n) is 4.88. The van der Waals surface area contributed by atoms with E-state index in [0.717, 1.165) is 21.7 Å². The summed E-state index contributed by atoms with van der Waals surface area (Å²) in [7, 11) is 0. The lowest BCUT2D eigenvalue weighted by Crippen LogP contribution is -2.29. The molecule has 0 saturated heterocycles. The summed E-state index contributed by atoms with van der Waals surface area (Å²) in [5.41, 5.74) is 8.47. The van der Waals surface area contributed by atoms with Gasteiger partial charge >= 0.3 is 0 Å². The lowest BCUT2D eigenvalue weighted by Gasteiger charge is -2.08. The number of hydrogen-bond acceptors (Lipinski definition) is 1. The molecular formula is C13H16ClN. The topological polar surface area (TPSA) is 26.0 Å². The fraction of sp³-hybridized carbons (Fsp3) is 0.385. The standard InChI is InChI=1S/C13H16ClN/c1-9-8-12(14)10(2)7-11(9)5-6-13(3,4)15/h7-8H,15H2,1-4H3. The highest BCUT2D eigenvalue weighted by Gasteiger charge is 2.05. The summed E-state index contributed by atoms with van der Waals surface area (Å²) in [6.45, 7) is 7.75. The lowest BCUT2D eigenvalue weighted by atomic mass is 10.0. The Morgan fingerprint density at radius 2 is 1.80 bits per heavy atom. The molecular weight excluding hydrogens is 206 g/mol. The van der Waals surface area contributed by atoms with Crippen LogP contribution in [0.15, 0.2) is 12.1 Å². The molecule has 15 heavy (non-hydrogen) atoms. The van der Waals surface area contributed by atoms with Gasteiger partial charge in [-0.25, -0.2) is 0 Å². The van der Waals surface area contributed by atoms with Crippen molar-refractivity contribution in [1.82, 2.24) is 0 Å². The van der Waals surface area contributed by atoms with E-state index >= 15 is 0 Å². The van der Waals surface area contributed by atoms with E-state index in [-0.39, 0.29) is 0 Å². The smallest absolute Gasteiger partial charge is 0.0722 e. The maximum absolute atomic E-state index is 6.00. The van der Waals surface area contributed by atoms with Crippen LogP contribution in [0.4, 0.5) is 0 Å². The first-order valence-corrected chi connectivity index (χ1v) is 5.26. The normalized spacial score (nSPS) is 10.8. The average molecular weight is 222 g/mol. The highest BCUT2D eigenvalue weighted by molar-refractivity contribution is 6.31. The van der Waals surface area contributed by atoms with Gasteiger partial charge in [0.15, 0.2) is 0 Å². The third-order valence-corrected chi connectivity index (χ3v) is 2.43. The van der Waals surface area contributed by atoms with E-state index in [4.69, 9.17) is 17.3 Å². The monoisotopic (exact) mass is 221 g/mol. The molecule has 0 spiro atoms. The van der Waals surface area contributed by atoms with Crippen LogP contribution in [0, 0.1) is 25.7 Å². The van der Waals surface area contributed by atoms with Crippen molar-refractivity contribution in [2.24, 2.45) is 5.73 Å². The van der Waals surface area contributed by atoms with Gasteiger partial charge in [0.25, 0.3) is 0 Å². The van der Waals surface area contributed by atoms with Gasteiger partial charge in [0.2, 0.25) is 0 Å². The van der Waals surface area contributed by atoms with Crippen molar-refractivity contribution in [1.29, 1.82) is 0 Å². The fourth-order valence-electron chi connectivity index (χ4n) is 1.14. The Morgan fingerprint density at radius 3 is 2.33 bits per heavy atom. The van der Waals surface area contributed by atoms with Crippen molar-refractivity contribution in [3.8, 4) is 11.8 Å². The number of hydrogen-bond donors (Lipinski definition) is 1. The first-order chi connectivity index (χ1) is 6.79. The summed E-state index contributed by atoms with van der Waals surface area (Å²) in [6.07, 6.45) is 0. The molecule has 80 valence electrons. The predicted molar refractivity (Wildman–Crippen MR) is 66.1 cm³/mol. The molecule has 0 amide bonds. The van der Waals surface area contributed by atoms with Crippen molar-refractivity contribution >= 4 is 11.6 Å². The van der Waals surface area contributed by atoms with Crippen molar-refractivity contribution in [3.05, 3.63) is 33.8 Å². The van der Waals surface area contributed by atoms with Gasteiger partial charge in [-0.2, -0.15) is 0 Å². The van der Waals surface area contributed by atoms with Crippen molar-refractivity contribution < 1.29 is 0 Å². The molecule has 1 rings (SSSR count). The van der Waals surface area contributed by atoms with E-state index in [2.05, 4.69) is 11.8 Å². The molecule has 2 N–H and O–H groups in total. The van der Waals surface area contributed by atoms with E-state index in [1.54, 1.807) is 0 Å². The maximum Gasteiger partial charge on any atom is 0.0722 e. The van der Waals surface area contributed by atoms with Crippen molar-refractivity contribution in [3.63, 3.8) is 0 Å². The summed E-state index contributed by atoms with van der Waals surface area (Å²) in [5.74, 6) is 6.10. The Hall–Kier alpha value is -0.970. The average Bonchev–Trinajstić information content (AvgIpc) is 2.07. The minimum absolute atomic E-state index is 0.458. The van der Waals surface area contributed by atoms with Crippen LogP contribution in [-0.4, -0.2) is 5.54 Å². The molecule has 0 aliphatic rings. The van der Waals surface area contributed by atoms with Crippen LogP contribution >= 0.6 is 11.6 Å². The summed E-state index contributed by atoms with van der Waals surface area (Å²) in [4.78, 5) is 0. The van der Waals surface area contributed by atoms with Gasteiger partial charge in [-0.3, -0.25) is 0 Å². The molecule has 0 heterocycles. The number of benzene rings is 1. The molecule has 0 radical (unpaired) electrons. The molecule has 0 fully saturated rings. The van der Waals surface area contributed by atoms with Crippen LogP contribution in [0.25, 0.3) is 0 Å². The zero-order valence-corrected chi connectivity index (χ0v) is 10.4. The van der Waals surface area contributed by atoms with Crippen LogP contribution in [-0.2, 0) is 0 Å². The second kappa shape index (κ2) is 4.26. The van der Waals surface area contributed by atoms with Gasteiger partial charge in [0, 0.05) is 10.6 Å². The highest BCUT2D eigenvalue weighted by Crippen LogP contribution is 2.19. The lowest BCUT2D eigenvalue weighted by molar-refractivity contribution is 0.680. The third-order valence-electron chi connectivity index (χ3n) is 2.02. The Labute approximate surface area is 96.6 Å². The van der Waals surface area contributed by atoms with E-state index < -0.39 is 5.54 Å². The highest BCUT2D eigenvalue weighted by atomic mass is 35.5. The van der Waals surface area contributed by atoms with Gasteiger partial charge in [-0.15, -0.1) is 0 Å². The maximum atomic E-state index is 6.00. The number of halogens is 1. The molecule has 0 aromatic heterocycles. The molecule has 0 atom stereocenters. The zero-order valence-electron chi connectivity index (χ0n) is 9.61. The van der Waals surface area contributed by atoms with Gasteiger partial charge in [-0.05, 0) is 51.0 Å². The summed E-state index contributed by atoms with van der Waals surface area (Å²) in [5, 5.41) is 0.782. The van der Waals surface area contributed by atoms with Crippen LogP contribution in [0.5, 0.6) is 0 Å². The van der Waals surface area contributed by atoms with E-state index in [9.17, 15) is 0 Å². The predicted octanol–water partition coefficient (Wildman–Crippen LogP) is 3.05. The molecule has 0 aliphatic heterocycles. The molecule has 1 aromatic carbocycles. The SMILES string of the molecule is Cc1cc(C#CC(C)(C)N)c(C)cc1Cl. The van der Waals surface area contributed by atoms with Crippen LogP contribution in [0.1, 0.15) is 30.5 Å². The molecule has 1 aromatic rings. The Kier molecular flexibility index (Phi) is 3.44. The number of rotatable bonds is 0. The minimum atomic E-state index is -0.458. The van der Waals surface area contributed by atoms with Crippen molar-refractivity contribution in [2.45, 2.75) is 33.2 Å². The van der Waals surface area contributed by atoms with E-state index in [1.807, 2.05) is 39.8 Å². The van der Waals surface area contributed by atoms with Gasteiger partial charge in [0.05, 0.1) is 5.54 Å². The number of nitrogens with two attached hydrogens (primary N) is 1. The van der Waals surface area contributed by atoms with Crippen molar-refractivity contribution in [2.75, 3.05) is 0 Å². The van der Waals surface area contributed by atoms with Gasteiger partial charge < -0.3 is 5.73 Å². The number of aryl methyl sites for hydroxylation is 2.